The first-order valence-corrected chi connectivity index (χ1v) is 6.65. The monoisotopic (exact) mass is 342 g/mol. The van der Waals surface area contributed by atoms with E-state index in [0.29, 0.717) is 0 Å². The summed E-state index contributed by atoms with van der Waals surface area (Å²) in [5, 5.41) is 7.45. The van der Waals surface area contributed by atoms with E-state index in [2.05, 4.69) is 57.0 Å². The third-order valence-electron chi connectivity index (χ3n) is 2.45. The summed E-state index contributed by atoms with van der Waals surface area (Å²) in [6.07, 6.45) is 4.74. The molecule has 0 aliphatic heterocycles. The van der Waals surface area contributed by atoms with Crippen LogP contribution in [0.4, 0.5) is 0 Å². The van der Waals surface area contributed by atoms with E-state index in [1.165, 1.54) is 5.56 Å². The van der Waals surface area contributed by atoms with Crippen molar-refractivity contribution in [2.45, 2.75) is 19.9 Å². The fourth-order valence-electron chi connectivity index (χ4n) is 1.66. The minimum absolute atomic E-state index is 0.848. The van der Waals surface area contributed by atoms with Gasteiger partial charge in [-0.25, -0.2) is 9.67 Å². The summed E-state index contributed by atoms with van der Waals surface area (Å²) in [5.41, 5.74) is 2.33. The lowest BCUT2D eigenvalue weighted by atomic mass is 10.2. The molecule has 1 N–H and O–H groups in total. The molecule has 0 aromatic carbocycles. The van der Waals surface area contributed by atoms with Crippen molar-refractivity contribution >= 4 is 22.6 Å². The highest BCUT2D eigenvalue weighted by atomic mass is 127. The van der Waals surface area contributed by atoms with Crippen LogP contribution in [0, 0.1) is 3.57 Å². The number of halogens is 1. The third-order valence-corrected chi connectivity index (χ3v) is 3.01. The molecule has 0 unspecified atom stereocenters. The van der Waals surface area contributed by atoms with Gasteiger partial charge in [-0.05, 0) is 53.8 Å². The molecule has 0 saturated heterocycles. The van der Waals surface area contributed by atoms with E-state index in [4.69, 9.17) is 0 Å². The van der Waals surface area contributed by atoms with Gasteiger partial charge in [0.1, 0.15) is 0 Å². The van der Waals surface area contributed by atoms with Crippen molar-refractivity contribution in [1.29, 1.82) is 0 Å². The van der Waals surface area contributed by atoms with Gasteiger partial charge in [0, 0.05) is 18.4 Å². The Hall–Kier alpha value is -0.950. The number of hydrogen-bond acceptors (Lipinski definition) is 3. The quantitative estimate of drug-likeness (QED) is 0.866. The Balaban J connectivity index is 2.42. The van der Waals surface area contributed by atoms with Gasteiger partial charge in [-0.2, -0.15) is 5.10 Å². The fourth-order valence-corrected chi connectivity index (χ4v) is 2.05. The molecular formula is C12H15IN4. The van der Waals surface area contributed by atoms with Gasteiger partial charge in [0.2, 0.25) is 0 Å². The van der Waals surface area contributed by atoms with E-state index in [-0.39, 0.29) is 0 Å². The van der Waals surface area contributed by atoms with Gasteiger partial charge in [0.05, 0.1) is 9.77 Å². The second-order valence-corrected chi connectivity index (χ2v) is 5.06. The largest absolute Gasteiger partial charge is 0.316 e. The summed E-state index contributed by atoms with van der Waals surface area (Å²) in [7, 11) is 1.95. The molecule has 0 radical (unpaired) electrons. The smallest absolute Gasteiger partial charge is 0.153 e. The number of hydrogen-bond donors (Lipinski definition) is 1. The molecule has 0 bridgehead atoms. The van der Waals surface area contributed by atoms with Crippen LogP contribution in [0.3, 0.4) is 0 Å². The fraction of sp³-hybridized carbons (Fsp3) is 0.333. The molecule has 0 aliphatic carbocycles. The first-order chi connectivity index (χ1) is 8.22. The van der Waals surface area contributed by atoms with Crippen molar-refractivity contribution in [3.63, 3.8) is 0 Å². The first-order valence-electron chi connectivity index (χ1n) is 5.58. The lowest BCUT2D eigenvalue weighted by Crippen LogP contribution is -2.08. The van der Waals surface area contributed by atoms with Crippen LogP contribution in [0.15, 0.2) is 24.5 Å². The van der Waals surface area contributed by atoms with E-state index in [9.17, 15) is 0 Å². The molecule has 17 heavy (non-hydrogen) atoms. The van der Waals surface area contributed by atoms with Crippen molar-refractivity contribution in [3.8, 4) is 5.82 Å². The summed E-state index contributed by atoms with van der Waals surface area (Å²) in [5.74, 6) is 0.887. The van der Waals surface area contributed by atoms with Gasteiger partial charge in [-0.3, -0.25) is 0 Å². The Bertz CT molecular complexity index is 507. The Morgan fingerprint density at radius 2 is 2.24 bits per heavy atom. The summed E-state index contributed by atoms with van der Waals surface area (Å²) in [6.45, 7) is 2.96. The summed E-state index contributed by atoms with van der Waals surface area (Å²) in [4.78, 5) is 4.59. The molecule has 2 heterocycles. The second kappa shape index (κ2) is 5.59. The zero-order chi connectivity index (χ0) is 12.3. The molecule has 0 saturated carbocycles. The maximum Gasteiger partial charge on any atom is 0.153 e. The van der Waals surface area contributed by atoms with E-state index in [1.807, 2.05) is 24.1 Å². The standard InChI is InChI=1S/C12H15IN4/c1-3-11-4-9(6-14-2)5-12(16-11)17-8-10(13)7-15-17/h4-5,7-8,14H,3,6H2,1-2H3. The maximum absolute atomic E-state index is 4.59. The van der Waals surface area contributed by atoms with Crippen molar-refractivity contribution in [1.82, 2.24) is 20.1 Å². The normalized spacial score (nSPS) is 10.8. The molecule has 2 aromatic heterocycles. The average molecular weight is 342 g/mol. The van der Waals surface area contributed by atoms with Gasteiger partial charge in [-0.1, -0.05) is 6.92 Å². The van der Waals surface area contributed by atoms with E-state index in [1.54, 1.807) is 0 Å². The highest BCUT2D eigenvalue weighted by molar-refractivity contribution is 14.1. The van der Waals surface area contributed by atoms with Gasteiger partial charge in [0.15, 0.2) is 5.82 Å². The Morgan fingerprint density at radius 3 is 2.82 bits per heavy atom. The number of nitrogens with zero attached hydrogens (tertiary/aromatic N) is 3. The molecule has 2 aromatic rings. The molecule has 0 amide bonds. The molecule has 2 rings (SSSR count). The average Bonchev–Trinajstić information content (AvgIpc) is 2.76. The van der Waals surface area contributed by atoms with Crippen LogP contribution in [0.2, 0.25) is 0 Å². The third kappa shape index (κ3) is 3.04. The molecular weight excluding hydrogens is 327 g/mol. The number of aromatic nitrogens is 3. The summed E-state index contributed by atoms with van der Waals surface area (Å²) in [6, 6.07) is 4.20. The highest BCUT2D eigenvalue weighted by Crippen LogP contribution is 2.12. The van der Waals surface area contributed by atoms with Crippen molar-refractivity contribution in [3.05, 3.63) is 39.4 Å². The molecule has 4 nitrogen and oxygen atoms in total. The van der Waals surface area contributed by atoms with Crippen molar-refractivity contribution in [2.24, 2.45) is 0 Å². The summed E-state index contributed by atoms with van der Waals surface area (Å²) < 4.78 is 2.93. The van der Waals surface area contributed by atoms with Gasteiger partial charge in [0.25, 0.3) is 0 Å². The van der Waals surface area contributed by atoms with Gasteiger partial charge >= 0.3 is 0 Å². The van der Waals surface area contributed by atoms with Gasteiger partial charge in [-0.15, -0.1) is 0 Å². The highest BCUT2D eigenvalue weighted by Gasteiger charge is 2.04. The lowest BCUT2D eigenvalue weighted by molar-refractivity contribution is 0.791. The Morgan fingerprint density at radius 1 is 1.41 bits per heavy atom. The van der Waals surface area contributed by atoms with E-state index >= 15 is 0 Å². The predicted molar refractivity (Wildman–Crippen MR) is 76.2 cm³/mol. The number of nitrogens with one attached hydrogen (secondary N) is 1. The minimum atomic E-state index is 0.848. The first kappa shape index (κ1) is 12.5. The van der Waals surface area contributed by atoms with Crippen molar-refractivity contribution < 1.29 is 0 Å². The van der Waals surface area contributed by atoms with Crippen LogP contribution in [0.25, 0.3) is 5.82 Å². The van der Waals surface area contributed by atoms with Crippen LogP contribution >= 0.6 is 22.6 Å². The van der Waals surface area contributed by atoms with Crippen LogP contribution < -0.4 is 5.32 Å². The van der Waals surface area contributed by atoms with Crippen LogP contribution in [0.1, 0.15) is 18.2 Å². The van der Waals surface area contributed by atoms with Crippen LogP contribution in [-0.2, 0) is 13.0 Å². The zero-order valence-corrected chi connectivity index (χ0v) is 12.1. The minimum Gasteiger partial charge on any atom is -0.316 e. The second-order valence-electron chi connectivity index (χ2n) is 3.81. The maximum atomic E-state index is 4.59. The molecule has 0 aliphatic rings. The molecule has 0 atom stereocenters. The molecule has 90 valence electrons. The Labute approximate surface area is 115 Å². The lowest BCUT2D eigenvalue weighted by Gasteiger charge is -2.07. The van der Waals surface area contributed by atoms with Gasteiger partial charge < -0.3 is 5.32 Å². The van der Waals surface area contributed by atoms with Crippen molar-refractivity contribution in [2.75, 3.05) is 7.05 Å². The predicted octanol–water partition coefficient (Wildman–Crippen LogP) is 2.15. The summed E-state index contributed by atoms with van der Waals surface area (Å²) >= 11 is 2.25. The number of aryl methyl sites for hydroxylation is 1. The topological polar surface area (TPSA) is 42.7 Å². The van der Waals surface area contributed by atoms with Crippen LogP contribution in [-0.4, -0.2) is 21.8 Å². The number of pyridine rings is 1. The van der Waals surface area contributed by atoms with E-state index in [0.717, 1.165) is 28.0 Å². The van der Waals surface area contributed by atoms with E-state index < -0.39 is 0 Å². The molecule has 5 heteroatoms. The molecule has 0 fully saturated rings. The molecule has 0 spiro atoms. The Kier molecular flexibility index (Phi) is 4.11. The van der Waals surface area contributed by atoms with Crippen LogP contribution in [0.5, 0.6) is 0 Å². The number of rotatable bonds is 4. The zero-order valence-electron chi connectivity index (χ0n) is 9.94. The SMILES string of the molecule is CCc1cc(CNC)cc(-n2cc(I)cn2)n1.